The second-order valence-electron chi connectivity index (χ2n) is 7.54. The van der Waals surface area contributed by atoms with Crippen LogP contribution in [0.3, 0.4) is 0 Å². The third-order valence-electron chi connectivity index (χ3n) is 5.54. The van der Waals surface area contributed by atoms with Crippen LogP contribution in [0.15, 0.2) is 29.2 Å². The van der Waals surface area contributed by atoms with Crippen LogP contribution < -0.4 is 5.32 Å². The lowest BCUT2D eigenvalue weighted by Gasteiger charge is -2.33. The average Bonchev–Trinajstić information content (AvgIpc) is 2.92. The van der Waals surface area contributed by atoms with E-state index in [2.05, 4.69) is 17.1 Å². The van der Waals surface area contributed by atoms with Crippen molar-refractivity contribution in [1.82, 2.24) is 14.1 Å². The van der Waals surface area contributed by atoms with Crippen LogP contribution in [0, 0.1) is 0 Å². The van der Waals surface area contributed by atoms with E-state index in [0.29, 0.717) is 31.7 Å². The topological polar surface area (TPSA) is 90.0 Å². The molecule has 0 unspecified atom stereocenters. The van der Waals surface area contributed by atoms with Gasteiger partial charge in [0.2, 0.25) is 21.8 Å². The van der Waals surface area contributed by atoms with Gasteiger partial charge in [0.05, 0.1) is 11.4 Å². The van der Waals surface area contributed by atoms with Crippen LogP contribution in [0.5, 0.6) is 0 Å². The molecule has 2 saturated heterocycles. The largest absolute Gasteiger partial charge is 0.333 e. The van der Waals surface area contributed by atoms with Gasteiger partial charge >= 0.3 is 0 Å². The smallest absolute Gasteiger partial charge is 0.243 e. The molecule has 0 atom stereocenters. The fourth-order valence-corrected chi connectivity index (χ4v) is 5.22. The maximum atomic E-state index is 13.0. The number of nitrogens with zero attached hydrogens (tertiary/aromatic N) is 3. The molecule has 0 bridgehead atoms. The lowest BCUT2D eigenvalue weighted by Crippen LogP contribution is -2.48. The van der Waals surface area contributed by atoms with Crippen LogP contribution in [0.1, 0.15) is 32.6 Å². The summed E-state index contributed by atoms with van der Waals surface area (Å²) in [7, 11) is -3.60. The molecule has 0 aliphatic carbocycles. The van der Waals surface area contributed by atoms with Crippen LogP contribution in [0.25, 0.3) is 0 Å². The number of anilines is 1. The van der Waals surface area contributed by atoms with Gasteiger partial charge in [0.25, 0.3) is 0 Å². The molecular weight excluding hydrogens is 392 g/mol. The maximum Gasteiger partial charge on any atom is 0.243 e. The molecule has 0 spiro atoms. The molecule has 1 N–H and O–H groups in total. The van der Waals surface area contributed by atoms with Gasteiger partial charge in [-0.25, -0.2) is 8.42 Å². The minimum Gasteiger partial charge on any atom is -0.333 e. The first-order chi connectivity index (χ1) is 13.9. The highest BCUT2D eigenvalue weighted by atomic mass is 32.2. The molecule has 1 aromatic rings. The number of carbonyl (C=O) groups is 2. The van der Waals surface area contributed by atoms with Crippen LogP contribution >= 0.6 is 0 Å². The summed E-state index contributed by atoms with van der Waals surface area (Å²) in [5.74, 6) is -0.313. The van der Waals surface area contributed by atoms with E-state index in [9.17, 15) is 18.0 Å². The molecule has 3 rings (SSSR count). The summed E-state index contributed by atoms with van der Waals surface area (Å²) < 4.78 is 27.4. The first kappa shape index (κ1) is 21.7. The zero-order valence-electron chi connectivity index (χ0n) is 17.0. The van der Waals surface area contributed by atoms with Crippen LogP contribution in [0.2, 0.25) is 0 Å². The standard InChI is InChI=1S/C20H30N4O4S/c1-2-22-11-13-24(14-12-22)29(27,28)18-8-6-7-17(15-18)21-19(25)16-23-10-5-3-4-9-20(23)26/h6-8,15H,2-5,9-14,16H2,1H3,(H,21,25). The molecule has 160 valence electrons. The lowest BCUT2D eigenvalue weighted by atomic mass is 10.2. The van der Waals surface area contributed by atoms with Crippen molar-refractivity contribution in [2.45, 2.75) is 37.5 Å². The quantitative estimate of drug-likeness (QED) is 0.748. The Balaban J connectivity index is 1.64. The Morgan fingerprint density at radius 2 is 1.83 bits per heavy atom. The van der Waals surface area contributed by atoms with Gasteiger partial charge in [-0.3, -0.25) is 9.59 Å². The highest BCUT2D eigenvalue weighted by molar-refractivity contribution is 7.89. The third-order valence-corrected chi connectivity index (χ3v) is 7.43. The van der Waals surface area contributed by atoms with Gasteiger partial charge in [-0.2, -0.15) is 4.31 Å². The Kier molecular flexibility index (Phi) is 7.26. The highest BCUT2D eigenvalue weighted by Gasteiger charge is 2.28. The van der Waals surface area contributed by atoms with Gasteiger partial charge in [0, 0.05) is 44.8 Å². The normalized spacial score (nSPS) is 19.8. The molecule has 0 radical (unpaired) electrons. The fraction of sp³-hybridized carbons (Fsp3) is 0.600. The van der Waals surface area contributed by atoms with E-state index in [0.717, 1.165) is 38.9 Å². The van der Waals surface area contributed by atoms with E-state index in [1.54, 1.807) is 23.1 Å². The fourth-order valence-electron chi connectivity index (χ4n) is 3.75. The number of nitrogens with one attached hydrogen (secondary N) is 1. The minimum absolute atomic E-state index is 0.000185. The average molecular weight is 423 g/mol. The van der Waals surface area contributed by atoms with Crippen molar-refractivity contribution in [2.75, 3.05) is 51.1 Å². The number of amides is 2. The first-order valence-electron chi connectivity index (χ1n) is 10.3. The van der Waals surface area contributed by atoms with Crippen molar-refractivity contribution < 1.29 is 18.0 Å². The Bertz CT molecular complexity index is 835. The number of benzene rings is 1. The molecule has 0 aromatic heterocycles. The summed E-state index contributed by atoms with van der Waals surface area (Å²) in [6, 6.07) is 6.33. The summed E-state index contributed by atoms with van der Waals surface area (Å²) >= 11 is 0. The predicted molar refractivity (Wildman–Crippen MR) is 111 cm³/mol. The number of piperazine rings is 1. The van der Waals surface area contributed by atoms with Gasteiger partial charge in [-0.05, 0) is 37.6 Å². The lowest BCUT2D eigenvalue weighted by molar-refractivity contribution is -0.134. The van der Waals surface area contributed by atoms with Crippen molar-refractivity contribution >= 4 is 27.5 Å². The van der Waals surface area contributed by atoms with E-state index >= 15 is 0 Å². The number of sulfonamides is 1. The third kappa shape index (κ3) is 5.55. The van der Waals surface area contributed by atoms with Crippen molar-refractivity contribution in [2.24, 2.45) is 0 Å². The molecular formula is C20H30N4O4S. The Morgan fingerprint density at radius 3 is 2.55 bits per heavy atom. The number of likely N-dealkylation sites (N-methyl/N-ethyl adjacent to an activating group) is 1. The molecule has 8 nitrogen and oxygen atoms in total. The molecule has 0 saturated carbocycles. The van der Waals surface area contributed by atoms with E-state index < -0.39 is 10.0 Å². The van der Waals surface area contributed by atoms with Gasteiger partial charge in [-0.1, -0.05) is 19.4 Å². The summed E-state index contributed by atoms with van der Waals surface area (Å²) in [5, 5.41) is 2.74. The zero-order valence-corrected chi connectivity index (χ0v) is 17.8. The molecule has 2 fully saturated rings. The van der Waals surface area contributed by atoms with Gasteiger partial charge in [0.15, 0.2) is 0 Å². The molecule has 9 heteroatoms. The SMILES string of the molecule is CCN1CCN(S(=O)(=O)c2cccc(NC(=O)CN3CCCCCC3=O)c2)CC1. The number of hydrogen-bond acceptors (Lipinski definition) is 5. The Hall–Kier alpha value is -1.97. The second kappa shape index (κ2) is 9.69. The minimum atomic E-state index is -3.60. The number of rotatable bonds is 6. The van der Waals surface area contributed by atoms with Crippen molar-refractivity contribution in [3.8, 4) is 0 Å². The Morgan fingerprint density at radius 1 is 1.07 bits per heavy atom. The summed E-state index contributed by atoms with van der Waals surface area (Å²) in [4.78, 5) is 28.4. The monoisotopic (exact) mass is 422 g/mol. The molecule has 2 amide bonds. The zero-order chi connectivity index (χ0) is 20.9. The van der Waals surface area contributed by atoms with E-state index in [-0.39, 0.29) is 23.3 Å². The van der Waals surface area contributed by atoms with Crippen LogP contribution in [0.4, 0.5) is 5.69 Å². The number of hydrogen-bond donors (Lipinski definition) is 1. The van der Waals surface area contributed by atoms with Gasteiger partial charge in [0.1, 0.15) is 0 Å². The van der Waals surface area contributed by atoms with E-state index in [1.807, 2.05) is 0 Å². The summed E-state index contributed by atoms with van der Waals surface area (Å²) in [6.07, 6.45) is 3.24. The predicted octanol–water partition coefficient (Wildman–Crippen LogP) is 1.35. The first-order valence-corrected chi connectivity index (χ1v) is 11.7. The maximum absolute atomic E-state index is 13.0. The summed E-state index contributed by atoms with van der Waals surface area (Å²) in [5.41, 5.74) is 0.422. The number of likely N-dealkylation sites (tertiary alicyclic amines) is 1. The van der Waals surface area contributed by atoms with Crippen molar-refractivity contribution in [3.63, 3.8) is 0 Å². The summed E-state index contributed by atoms with van der Waals surface area (Å²) in [6.45, 7) is 5.92. The van der Waals surface area contributed by atoms with Gasteiger partial charge in [-0.15, -0.1) is 0 Å². The molecule has 29 heavy (non-hydrogen) atoms. The van der Waals surface area contributed by atoms with E-state index in [4.69, 9.17) is 0 Å². The molecule has 1 aromatic carbocycles. The molecule has 2 aliphatic heterocycles. The van der Waals surface area contributed by atoms with Crippen molar-refractivity contribution in [1.29, 1.82) is 0 Å². The number of carbonyl (C=O) groups excluding carboxylic acids is 2. The molecule has 2 aliphatic rings. The highest BCUT2D eigenvalue weighted by Crippen LogP contribution is 2.21. The van der Waals surface area contributed by atoms with E-state index in [1.165, 1.54) is 10.4 Å². The molecule has 2 heterocycles. The van der Waals surface area contributed by atoms with Gasteiger partial charge < -0.3 is 15.1 Å². The van der Waals surface area contributed by atoms with Crippen LogP contribution in [-0.4, -0.2) is 80.2 Å². The second-order valence-corrected chi connectivity index (χ2v) is 9.48. The van der Waals surface area contributed by atoms with Crippen LogP contribution in [-0.2, 0) is 19.6 Å². The Labute approximate surface area is 172 Å². The van der Waals surface area contributed by atoms with Crippen molar-refractivity contribution in [3.05, 3.63) is 24.3 Å².